The molecule has 0 aliphatic heterocycles. The van der Waals surface area contributed by atoms with E-state index in [1.807, 2.05) is 0 Å². The first-order chi connectivity index (χ1) is 8.15. The number of aromatic carboxylic acids is 1. The summed E-state index contributed by atoms with van der Waals surface area (Å²) < 4.78 is 18.3. The molecule has 0 aromatic heterocycles. The number of hydrogen-bond acceptors (Lipinski definition) is 2. The Kier molecular flexibility index (Phi) is 5.63. The van der Waals surface area contributed by atoms with Crippen molar-refractivity contribution in [2.24, 2.45) is 0 Å². The van der Waals surface area contributed by atoms with Gasteiger partial charge in [0.15, 0.2) is 0 Å². The number of carbonyl (C=O) groups is 1. The highest BCUT2D eigenvalue weighted by Crippen LogP contribution is 2.13. The lowest BCUT2D eigenvalue weighted by Crippen LogP contribution is -2.05. The molecule has 0 unspecified atom stereocenters. The Bertz CT molecular complexity index is 377. The van der Waals surface area contributed by atoms with Crippen LogP contribution in [0.3, 0.4) is 0 Å². The van der Waals surface area contributed by atoms with Gasteiger partial charge in [0.1, 0.15) is 5.82 Å². The molecule has 3 nitrogen and oxygen atoms in total. The summed E-state index contributed by atoms with van der Waals surface area (Å²) in [7, 11) is 0. The molecule has 1 N–H and O–H groups in total. The lowest BCUT2D eigenvalue weighted by atomic mass is 10.1. The van der Waals surface area contributed by atoms with Crippen molar-refractivity contribution in [3.8, 4) is 0 Å². The Balaban J connectivity index is 2.55. The van der Waals surface area contributed by atoms with E-state index in [9.17, 15) is 9.18 Å². The van der Waals surface area contributed by atoms with Crippen molar-refractivity contribution in [3.63, 3.8) is 0 Å². The van der Waals surface area contributed by atoms with Crippen LogP contribution < -0.4 is 0 Å². The van der Waals surface area contributed by atoms with Crippen molar-refractivity contribution in [2.45, 2.75) is 32.8 Å². The van der Waals surface area contributed by atoms with Gasteiger partial charge in [-0.05, 0) is 24.1 Å². The number of carboxylic acid groups (broad SMARTS) is 1. The van der Waals surface area contributed by atoms with E-state index in [1.54, 1.807) is 0 Å². The number of unbranched alkanes of at least 4 members (excludes halogenated alkanes) is 2. The third-order valence-electron chi connectivity index (χ3n) is 2.45. The standard InChI is InChI=1S/C13H17FO3/c1-2-3-4-7-17-9-10-5-6-11(14)8-12(10)13(15)16/h5-6,8H,2-4,7,9H2,1H3,(H,15,16). The minimum absolute atomic E-state index is 0.0273. The highest BCUT2D eigenvalue weighted by Gasteiger charge is 2.10. The second kappa shape index (κ2) is 7.01. The van der Waals surface area contributed by atoms with Crippen molar-refractivity contribution >= 4 is 5.97 Å². The van der Waals surface area contributed by atoms with Crippen LogP contribution in [0.5, 0.6) is 0 Å². The monoisotopic (exact) mass is 240 g/mol. The third kappa shape index (κ3) is 4.53. The Labute approximate surface area is 100 Å². The van der Waals surface area contributed by atoms with Gasteiger partial charge < -0.3 is 9.84 Å². The Morgan fingerprint density at radius 3 is 2.82 bits per heavy atom. The minimum atomic E-state index is -1.13. The molecule has 0 fully saturated rings. The van der Waals surface area contributed by atoms with Crippen molar-refractivity contribution in [1.82, 2.24) is 0 Å². The van der Waals surface area contributed by atoms with E-state index in [0.29, 0.717) is 12.2 Å². The number of rotatable bonds is 7. The predicted molar refractivity (Wildman–Crippen MR) is 62.5 cm³/mol. The van der Waals surface area contributed by atoms with Crippen molar-refractivity contribution in [1.29, 1.82) is 0 Å². The van der Waals surface area contributed by atoms with Crippen LogP contribution in [0.25, 0.3) is 0 Å². The summed E-state index contributed by atoms with van der Waals surface area (Å²) in [6, 6.07) is 3.73. The second-order valence-corrected chi connectivity index (χ2v) is 3.87. The van der Waals surface area contributed by atoms with Gasteiger partial charge in [0, 0.05) is 6.61 Å². The number of hydrogen-bond donors (Lipinski definition) is 1. The van der Waals surface area contributed by atoms with Gasteiger partial charge in [0.2, 0.25) is 0 Å². The molecule has 1 aromatic rings. The highest BCUT2D eigenvalue weighted by molar-refractivity contribution is 5.89. The molecule has 0 aliphatic rings. The summed E-state index contributed by atoms with van der Waals surface area (Å²) in [4.78, 5) is 10.9. The average molecular weight is 240 g/mol. The van der Waals surface area contributed by atoms with E-state index >= 15 is 0 Å². The van der Waals surface area contributed by atoms with Gasteiger partial charge in [-0.15, -0.1) is 0 Å². The quantitative estimate of drug-likeness (QED) is 0.744. The number of halogens is 1. The molecule has 4 heteroatoms. The molecule has 0 saturated carbocycles. The van der Waals surface area contributed by atoms with Crippen LogP contribution in [0.1, 0.15) is 42.1 Å². The first kappa shape index (κ1) is 13.6. The first-order valence-electron chi connectivity index (χ1n) is 5.74. The molecule has 0 radical (unpaired) electrons. The van der Waals surface area contributed by atoms with Crippen LogP contribution in [-0.4, -0.2) is 17.7 Å². The van der Waals surface area contributed by atoms with Crippen molar-refractivity contribution in [3.05, 3.63) is 35.1 Å². The van der Waals surface area contributed by atoms with E-state index in [-0.39, 0.29) is 12.2 Å². The third-order valence-corrected chi connectivity index (χ3v) is 2.45. The first-order valence-corrected chi connectivity index (χ1v) is 5.74. The van der Waals surface area contributed by atoms with Crippen LogP contribution in [0.15, 0.2) is 18.2 Å². The normalized spacial score (nSPS) is 10.5. The molecule has 94 valence electrons. The maximum atomic E-state index is 12.9. The molecule has 1 rings (SSSR count). The van der Waals surface area contributed by atoms with E-state index in [0.717, 1.165) is 25.3 Å². The minimum Gasteiger partial charge on any atom is -0.478 e. The lowest BCUT2D eigenvalue weighted by molar-refractivity contribution is 0.0686. The SMILES string of the molecule is CCCCCOCc1ccc(F)cc1C(=O)O. The summed E-state index contributed by atoms with van der Waals surface area (Å²) in [6.45, 7) is 2.92. The Morgan fingerprint density at radius 1 is 1.41 bits per heavy atom. The van der Waals surface area contributed by atoms with E-state index in [2.05, 4.69) is 6.92 Å². The van der Waals surface area contributed by atoms with Crippen LogP contribution >= 0.6 is 0 Å². The van der Waals surface area contributed by atoms with Gasteiger partial charge in [-0.3, -0.25) is 0 Å². The van der Waals surface area contributed by atoms with Crippen LogP contribution in [-0.2, 0) is 11.3 Å². The zero-order chi connectivity index (χ0) is 12.7. The molecule has 0 heterocycles. The smallest absolute Gasteiger partial charge is 0.336 e. The fraction of sp³-hybridized carbons (Fsp3) is 0.462. The largest absolute Gasteiger partial charge is 0.478 e. The van der Waals surface area contributed by atoms with Gasteiger partial charge >= 0.3 is 5.97 Å². The Hall–Kier alpha value is -1.42. The molecule has 0 bridgehead atoms. The van der Waals surface area contributed by atoms with Crippen LogP contribution in [0.4, 0.5) is 4.39 Å². The zero-order valence-corrected chi connectivity index (χ0v) is 9.91. The second-order valence-electron chi connectivity index (χ2n) is 3.87. The summed E-state index contributed by atoms with van der Waals surface area (Å²) in [6.07, 6.45) is 3.16. The van der Waals surface area contributed by atoms with Crippen LogP contribution in [0.2, 0.25) is 0 Å². The maximum Gasteiger partial charge on any atom is 0.336 e. The fourth-order valence-corrected chi connectivity index (χ4v) is 1.51. The molecular weight excluding hydrogens is 223 g/mol. The van der Waals surface area contributed by atoms with E-state index in [1.165, 1.54) is 12.1 Å². The zero-order valence-electron chi connectivity index (χ0n) is 9.91. The maximum absolute atomic E-state index is 12.9. The van der Waals surface area contributed by atoms with Crippen molar-refractivity contribution in [2.75, 3.05) is 6.61 Å². The fourth-order valence-electron chi connectivity index (χ4n) is 1.51. The molecule has 0 aliphatic carbocycles. The molecule has 17 heavy (non-hydrogen) atoms. The Morgan fingerprint density at radius 2 is 2.18 bits per heavy atom. The summed E-state index contributed by atoms with van der Waals surface area (Å²) in [5.41, 5.74) is 0.482. The van der Waals surface area contributed by atoms with Gasteiger partial charge in [0.05, 0.1) is 12.2 Å². The molecule has 0 saturated heterocycles. The highest BCUT2D eigenvalue weighted by atomic mass is 19.1. The average Bonchev–Trinajstić information content (AvgIpc) is 2.30. The molecule has 0 spiro atoms. The van der Waals surface area contributed by atoms with E-state index in [4.69, 9.17) is 9.84 Å². The lowest BCUT2D eigenvalue weighted by Gasteiger charge is -2.07. The number of carboxylic acids is 1. The van der Waals surface area contributed by atoms with Crippen LogP contribution in [0, 0.1) is 5.82 Å². The van der Waals surface area contributed by atoms with Crippen molar-refractivity contribution < 1.29 is 19.0 Å². The van der Waals surface area contributed by atoms with Gasteiger partial charge in [0.25, 0.3) is 0 Å². The molecule has 0 amide bonds. The van der Waals surface area contributed by atoms with Gasteiger partial charge in [-0.25, -0.2) is 9.18 Å². The molecule has 0 atom stereocenters. The van der Waals surface area contributed by atoms with E-state index < -0.39 is 11.8 Å². The predicted octanol–water partition coefficient (Wildman–Crippen LogP) is 3.23. The summed E-state index contributed by atoms with van der Waals surface area (Å²) in [5, 5.41) is 8.91. The number of benzene rings is 1. The number of ether oxygens (including phenoxy) is 1. The van der Waals surface area contributed by atoms with Gasteiger partial charge in [-0.1, -0.05) is 25.8 Å². The van der Waals surface area contributed by atoms with Gasteiger partial charge in [-0.2, -0.15) is 0 Å². The summed E-state index contributed by atoms with van der Waals surface area (Å²) >= 11 is 0. The topological polar surface area (TPSA) is 46.5 Å². The molecule has 1 aromatic carbocycles. The molecular formula is C13H17FO3. The summed E-state index contributed by atoms with van der Waals surface area (Å²) in [5.74, 6) is -1.67.